The number of ether oxygens (including phenoxy) is 1. The summed E-state index contributed by atoms with van der Waals surface area (Å²) in [4.78, 5) is 12.9. The molecule has 0 spiro atoms. The summed E-state index contributed by atoms with van der Waals surface area (Å²) in [5.74, 6) is -0.0260. The van der Waals surface area contributed by atoms with Crippen molar-refractivity contribution in [2.75, 3.05) is 13.7 Å². The third-order valence-electron chi connectivity index (χ3n) is 4.47. The fraction of sp³-hybridized carbons (Fsp3) is 0.333. The van der Waals surface area contributed by atoms with Gasteiger partial charge in [0.05, 0.1) is 17.3 Å². The summed E-state index contributed by atoms with van der Waals surface area (Å²) in [6.07, 6.45) is 1.55. The van der Waals surface area contributed by atoms with Crippen molar-refractivity contribution in [3.63, 3.8) is 0 Å². The molecule has 0 radical (unpaired) electrons. The van der Waals surface area contributed by atoms with Crippen LogP contribution < -0.4 is 5.32 Å². The number of hydrogen-bond donors (Lipinski definition) is 1. The maximum absolute atomic E-state index is 13.5. The highest BCUT2D eigenvalue weighted by molar-refractivity contribution is 6.33. The van der Waals surface area contributed by atoms with Crippen LogP contribution in [-0.4, -0.2) is 45.9 Å². The Morgan fingerprint density at radius 3 is 2.80 bits per heavy atom. The lowest BCUT2D eigenvalue weighted by Crippen LogP contribution is -2.35. The van der Waals surface area contributed by atoms with Crippen LogP contribution in [0.1, 0.15) is 36.5 Å². The van der Waals surface area contributed by atoms with Gasteiger partial charge in [0.1, 0.15) is 5.82 Å². The number of aromatic nitrogens is 4. The van der Waals surface area contributed by atoms with Crippen molar-refractivity contribution in [3.05, 3.63) is 58.6 Å². The van der Waals surface area contributed by atoms with Gasteiger partial charge in [-0.1, -0.05) is 18.5 Å². The van der Waals surface area contributed by atoms with E-state index in [9.17, 15) is 9.18 Å². The maximum atomic E-state index is 13.5. The predicted molar refractivity (Wildman–Crippen MR) is 112 cm³/mol. The van der Waals surface area contributed by atoms with Crippen molar-refractivity contribution < 1.29 is 13.9 Å². The minimum atomic E-state index is -0.433. The van der Waals surface area contributed by atoms with Gasteiger partial charge in [0.2, 0.25) is 0 Å². The Kier molecular flexibility index (Phi) is 7.12. The first-order valence-corrected chi connectivity index (χ1v) is 9.98. The minimum Gasteiger partial charge on any atom is -0.383 e. The number of carbonyl (C=O) groups is 1. The van der Waals surface area contributed by atoms with Crippen LogP contribution in [0.5, 0.6) is 0 Å². The van der Waals surface area contributed by atoms with Gasteiger partial charge in [-0.2, -0.15) is 4.68 Å². The van der Waals surface area contributed by atoms with Gasteiger partial charge in [0.25, 0.3) is 5.91 Å². The van der Waals surface area contributed by atoms with E-state index in [0.717, 1.165) is 6.42 Å². The number of hydrogen-bond acceptors (Lipinski definition) is 5. The molecule has 0 aliphatic rings. The number of nitrogens with one attached hydrogen (secondary N) is 1. The summed E-state index contributed by atoms with van der Waals surface area (Å²) in [6.45, 7) is 4.27. The standard InChI is InChI=1S/C21H23ClFN5O2/c1-4-5-20-25-26-27-28(20)17-9-14(18-7-6-16(23)11-19(18)22)8-15(10-17)21(29)24-13(2)12-30-3/h6-11,13H,4-5,12H2,1-3H3,(H,24,29). The molecule has 3 rings (SSSR count). The fourth-order valence-electron chi connectivity index (χ4n) is 3.13. The van der Waals surface area contributed by atoms with E-state index in [4.69, 9.17) is 16.3 Å². The lowest BCUT2D eigenvalue weighted by molar-refractivity contribution is 0.0905. The normalized spacial score (nSPS) is 12.0. The molecule has 0 saturated carbocycles. The molecule has 0 saturated heterocycles. The van der Waals surface area contributed by atoms with Crippen LogP contribution in [0.3, 0.4) is 0 Å². The average molecular weight is 432 g/mol. The lowest BCUT2D eigenvalue weighted by Gasteiger charge is -2.15. The van der Waals surface area contributed by atoms with E-state index in [1.807, 2.05) is 19.9 Å². The molecule has 1 atom stereocenters. The van der Waals surface area contributed by atoms with Crippen molar-refractivity contribution in [2.45, 2.75) is 32.7 Å². The molecule has 158 valence electrons. The quantitative estimate of drug-likeness (QED) is 0.586. The number of methoxy groups -OCH3 is 1. The number of aryl methyl sites for hydroxylation is 1. The second-order valence-electron chi connectivity index (χ2n) is 6.98. The van der Waals surface area contributed by atoms with Crippen LogP contribution in [0.25, 0.3) is 16.8 Å². The first kappa shape index (κ1) is 21.9. The molecule has 1 amide bonds. The number of halogens is 2. The second-order valence-corrected chi connectivity index (χ2v) is 7.39. The van der Waals surface area contributed by atoms with Crippen molar-refractivity contribution in [1.82, 2.24) is 25.5 Å². The summed E-state index contributed by atoms with van der Waals surface area (Å²) in [6, 6.07) is 9.22. The molecule has 9 heteroatoms. The van der Waals surface area contributed by atoms with E-state index in [2.05, 4.69) is 20.8 Å². The number of nitrogens with zero attached hydrogens (tertiary/aromatic N) is 4. The molecule has 1 N–H and O–H groups in total. The van der Waals surface area contributed by atoms with Gasteiger partial charge in [-0.25, -0.2) is 4.39 Å². The Hall–Kier alpha value is -2.84. The molecule has 1 heterocycles. The third kappa shape index (κ3) is 5.01. The van der Waals surface area contributed by atoms with E-state index >= 15 is 0 Å². The van der Waals surface area contributed by atoms with Gasteiger partial charge in [0.15, 0.2) is 5.82 Å². The van der Waals surface area contributed by atoms with E-state index in [0.29, 0.717) is 41.2 Å². The van der Waals surface area contributed by atoms with Crippen LogP contribution in [0.4, 0.5) is 4.39 Å². The molecular formula is C21H23ClFN5O2. The number of carbonyl (C=O) groups excluding carboxylic acids is 1. The van der Waals surface area contributed by atoms with Gasteiger partial charge in [-0.15, -0.1) is 5.10 Å². The maximum Gasteiger partial charge on any atom is 0.251 e. The molecule has 0 fully saturated rings. The number of benzene rings is 2. The van der Waals surface area contributed by atoms with Gasteiger partial charge in [-0.05, 0) is 65.7 Å². The van der Waals surface area contributed by atoms with Crippen LogP contribution >= 0.6 is 11.6 Å². The van der Waals surface area contributed by atoms with Crippen LogP contribution in [0.15, 0.2) is 36.4 Å². The smallest absolute Gasteiger partial charge is 0.251 e. The molecular weight excluding hydrogens is 409 g/mol. The minimum absolute atomic E-state index is 0.173. The third-order valence-corrected chi connectivity index (χ3v) is 4.78. The van der Waals surface area contributed by atoms with E-state index in [-0.39, 0.29) is 17.0 Å². The Morgan fingerprint density at radius 2 is 2.10 bits per heavy atom. The van der Waals surface area contributed by atoms with Crippen LogP contribution in [-0.2, 0) is 11.2 Å². The molecule has 3 aromatic rings. The highest BCUT2D eigenvalue weighted by Crippen LogP contribution is 2.31. The van der Waals surface area contributed by atoms with Crippen molar-refractivity contribution >= 4 is 17.5 Å². The molecule has 7 nitrogen and oxygen atoms in total. The van der Waals surface area contributed by atoms with Crippen LogP contribution in [0, 0.1) is 5.82 Å². The predicted octanol–water partition coefficient (Wildman–Crippen LogP) is 3.84. The summed E-state index contributed by atoms with van der Waals surface area (Å²) in [5.41, 5.74) is 2.28. The number of rotatable bonds is 8. The summed E-state index contributed by atoms with van der Waals surface area (Å²) < 4.78 is 20.2. The first-order chi connectivity index (χ1) is 14.4. The Balaban J connectivity index is 2.10. The van der Waals surface area contributed by atoms with Crippen LogP contribution in [0.2, 0.25) is 5.02 Å². The first-order valence-electron chi connectivity index (χ1n) is 9.60. The Bertz CT molecular complexity index is 1040. The zero-order valence-electron chi connectivity index (χ0n) is 17.0. The zero-order chi connectivity index (χ0) is 21.7. The largest absolute Gasteiger partial charge is 0.383 e. The van der Waals surface area contributed by atoms with E-state index in [1.54, 1.807) is 30.0 Å². The highest BCUT2D eigenvalue weighted by Gasteiger charge is 2.17. The fourth-order valence-corrected chi connectivity index (χ4v) is 3.40. The highest BCUT2D eigenvalue weighted by atomic mass is 35.5. The lowest BCUT2D eigenvalue weighted by atomic mass is 10.0. The van der Waals surface area contributed by atoms with Gasteiger partial charge >= 0.3 is 0 Å². The molecule has 0 aliphatic carbocycles. The van der Waals surface area contributed by atoms with Crippen molar-refractivity contribution in [3.8, 4) is 16.8 Å². The van der Waals surface area contributed by atoms with Gasteiger partial charge in [0, 0.05) is 30.7 Å². The average Bonchev–Trinajstić information content (AvgIpc) is 3.16. The molecule has 0 aliphatic heterocycles. The van der Waals surface area contributed by atoms with E-state index in [1.165, 1.54) is 12.1 Å². The second kappa shape index (κ2) is 9.77. The Morgan fingerprint density at radius 1 is 1.30 bits per heavy atom. The zero-order valence-corrected chi connectivity index (χ0v) is 17.8. The molecule has 1 aromatic heterocycles. The topological polar surface area (TPSA) is 81.9 Å². The van der Waals surface area contributed by atoms with Gasteiger partial charge in [-0.3, -0.25) is 4.79 Å². The van der Waals surface area contributed by atoms with Crippen molar-refractivity contribution in [2.24, 2.45) is 0 Å². The summed E-state index contributed by atoms with van der Waals surface area (Å²) >= 11 is 6.28. The monoisotopic (exact) mass is 431 g/mol. The van der Waals surface area contributed by atoms with Crippen molar-refractivity contribution in [1.29, 1.82) is 0 Å². The van der Waals surface area contributed by atoms with Gasteiger partial charge < -0.3 is 10.1 Å². The number of amides is 1. The number of tetrazole rings is 1. The summed E-state index contributed by atoms with van der Waals surface area (Å²) in [5, 5.41) is 15.1. The molecule has 2 aromatic carbocycles. The Labute approximate surface area is 179 Å². The summed E-state index contributed by atoms with van der Waals surface area (Å²) in [7, 11) is 1.57. The molecule has 1 unspecified atom stereocenters. The molecule has 30 heavy (non-hydrogen) atoms. The van der Waals surface area contributed by atoms with E-state index < -0.39 is 5.82 Å². The molecule has 0 bridgehead atoms. The SMILES string of the molecule is CCCc1nnnn1-c1cc(C(=O)NC(C)COC)cc(-c2ccc(F)cc2Cl)c1.